The van der Waals surface area contributed by atoms with Crippen molar-refractivity contribution in [3.8, 4) is 0 Å². The molecule has 2 saturated heterocycles. The van der Waals surface area contributed by atoms with E-state index >= 15 is 0 Å². The van der Waals surface area contributed by atoms with Gasteiger partial charge in [-0.05, 0) is 46.6 Å². The molecule has 0 bridgehead atoms. The zero-order valence-electron chi connectivity index (χ0n) is 14.0. The van der Waals surface area contributed by atoms with Crippen molar-refractivity contribution < 1.29 is 0 Å². The van der Waals surface area contributed by atoms with Crippen molar-refractivity contribution in [1.82, 2.24) is 9.80 Å². The van der Waals surface area contributed by atoms with Gasteiger partial charge in [0.15, 0.2) is 0 Å². The molecule has 110 valence electrons. The summed E-state index contributed by atoms with van der Waals surface area (Å²) in [4.78, 5) is 5.34. The number of hydrogen-bond donors (Lipinski definition) is 0. The summed E-state index contributed by atoms with van der Waals surface area (Å²) < 4.78 is 0. The first-order valence-electron chi connectivity index (χ1n) is 8.09. The molecule has 2 aliphatic heterocycles. The Morgan fingerprint density at radius 3 is 1.83 bits per heavy atom. The molecule has 0 radical (unpaired) electrons. The molecule has 18 heavy (non-hydrogen) atoms. The summed E-state index contributed by atoms with van der Waals surface area (Å²) in [7, 11) is 0. The summed E-state index contributed by atoms with van der Waals surface area (Å²) in [6.07, 6.45) is 1.42. The van der Waals surface area contributed by atoms with Gasteiger partial charge in [-0.1, -0.05) is 27.7 Å². The predicted molar refractivity (Wildman–Crippen MR) is 83.1 cm³/mol. The third-order valence-electron chi connectivity index (χ3n) is 4.01. The highest BCUT2D eigenvalue weighted by Crippen LogP contribution is 2.33. The molecule has 2 unspecified atom stereocenters. The first kappa shape index (κ1) is 17.9. The zero-order valence-corrected chi connectivity index (χ0v) is 14.0. The Kier molecular flexibility index (Phi) is 8.89. The van der Waals surface area contributed by atoms with Crippen LogP contribution in [0.25, 0.3) is 0 Å². The second-order valence-electron chi connectivity index (χ2n) is 5.50. The fourth-order valence-corrected chi connectivity index (χ4v) is 3.09. The maximum absolute atomic E-state index is 2.70. The average molecular weight is 256 g/mol. The molecule has 0 aliphatic carbocycles. The molecule has 2 heterocycles. The predicted octanol–water partition coefficient (Wildman–Crippen LogP) is 3.86. The number of fused-ring (bicyclic) bond motifs is 1. The SMILES string of the molecule is CC.CC.CC(C)N1CC2CCN(C(C)C)C2C1. The second kappa shape index (κ2) is 8.92. The van der Waals surface area contributed by atoms with Gasteiger partial charge in [0.1, 0.15) is 0 Å². The smallest absolute Gasteiger partial charge is 0.0266 e. The van der Waals surface area contributed by atoms with Crippen molar-refractivity contribution in [3.05, 3.63) is 0 Å². The quantitative estimate of drug-likeness (QED) is 0.740. The van der Waals surface area contributed by atoms with Crippen LogP contribution in [-0.4, -0.2) is 47.6 Å². The van der Waals surface area contributed by atoms with Gasteiger partial charge in [0, 0.05) is 31.2 Å². The minimum Gasteiger partial charge on any atom is -0.299 e. The average Bonchev–Trinajstić information content (AvgIpc) is 2.92. The van der Waals surface area contributed by atoms with Gasteiger partial charge >= 0.3 is 0 Å². The highest BCUT2D eigenvalue weighted by molar-refractivity contribution is 4.97. The van der Waals surface area contributed by atoms with E-state index in [-0.39, 0.29) is 0 Å². The minimum atomic E-state index is 0.731. The molecule has 0 aromatic heterocycles. The summed E-state index contributed by atoms with van der Waals surface area (Å²) in [5.41, 5.74) is 0. The molecule has 0 amide bonds. The van der Waals surface area contributed by atoms with Crippen LogP contribution in [0.4, 0.5) is 0 Å². The van der Waals surface area contributed by atoms with Crippen LogP contribution in [0.15, 0.2) is 0 Å². The van der Waals surface area contributed by atoms with E-state index in [4.69, 9.17) is 0 Å². The van der Waals surface area contributed by atoms with E-state index in [9.17, 15) is 0 Å². The molecule has 2 rings (SSSR count). The molecule has 0 spiro atoms. The van der Waals surface area contributed by atoms with Gasteiger partial charge in [-0.2, -0.15) is 0 Å². The van der Waals surface area contributed by atoms with Gasteiger partial charge in [0.2, 0.25) is 0 Å². The third-order valence-corrected chi connectivity index (χ3v) is 4.01. The van der Waals surface area contributed by atoms with E-state index in [1.165, 1.54) is 26.1 Å². The standard InChI is InChI=1S/C12H24N2.2C2H6/c1-9(2)13-7-11-5-6-14(10(3)4)12(11)8-13;2*1-2/h9-12H,5-8H2,1-4H3;2*1-2H3. The molecule has 2 heteroatoms. The molecular weight excluding hydrogens is 220 g/mol. The highest BCUT2D eigenvalue weighted by atomic mass is 15.3. The van der Waals surface area contributed by atoms with Crippen LogP contribution in [0.2, 0.25) is 0 Å². The Balaban J connectivity index is 0.000000659. The van der Waals surface area contributed by atoms with Crippen molar-refractivity contribution in [2.45, 2.75) is 79.9 Å². The van der Waals surface area contributed by atoms with E-state index in [0.717, 1.165) is 24.0 Å². The Morgan fingerprint density at radius 1 is 0.833 bits per heavy atom. The molecule has 0 saturated carbocycles. The Morgan fingerprint density at radius 2 is 1.39 bits per heavy atom. The van der Waals surface area contributed by atoms with Crippen LogP contribution in [0, 0.1) is 5.92 Å². The summed E-state index contributed by atoms with van der Waals surface area (Å²) in [6, 6.07) is 2.32. The van der Waals surface area contributed by atoms with E-state index < -0.39 is 0 Å². The minimum absolute atomic E-state index is 0.731. The summed E-state index contributed by atoms with van der Waals surface area (Å²) in [5.74, 6) is 0.958. The Bertz CT molecular complexity index is 201. The summed E-state index contributed by atoms with van der Waals surface area (Å²) >= 11 is 0. The molecule has 0 aromatic carbocycles. The maximum atomic E-state index is 2.70. The monoisotopic (exact) mass is 256 g/mol. The van der Waals surface area contributed by atoms with Crippen molar-refractivity contribution in [3.63, 3.8) is 0 Å². The number of rotatable bonds is 2. The normalized spacial score (nSPS) is 27.7. The molecule has 0 N–H and O–H groups in total. The molecule has 2 fully saturated rings. The molecular formula is C16H36N2. The highest BCUT2D eigenvalue weighted by Gasteiger charge is 2.42. The zero-order chi connectivity index (χ0) is 14.3. The number of hydrogen-bond acceptors (Lipinski definition) is 2. The summed E-state index contributed by atoms with van der Waals surface area (Å²) in [5, 5.41) is 0. The first-order valence-corrected chi connectivity index (χ1v) is 8.09. The van der Waals surface area contributed by atoms with E-state index in [1.54, 1.807) is 0 Å². The van der Waals surface area contributed by atoms with Crippen LogP contribution < -0.4 is 0 Å². The molecule has 2 atom stereocenters. The van der Waals surface area contributed by atoms with Gasteiger partial charge in [-0.15, -0.1) is 0 Å². The van der Waals surface area contributed by atoms with Crippen LogP contribution in [0.3, 0.4) is 0 Å². The Hall–Kier alpha value is -0.0800. The van der Waals surface area contributed by atoms with Gasteiger partial charge in [-0.3, -0.25) is 9.80 Å². The van der Waals surface area contributed by atoms with Crippen molar-refractivity contribution >= 4 is 0 Å². The van der Waals surface area contributed by atoms with Crippen LogP contribution in [0.5, 0.6) is 0 Å². The number of nitrogens with zero attached hydrogens (tertiary/aromatic N) is 2. The van der Waals surface area contributed by atoms with Crippen molar-refractivity contribution in [2.75, 3.05) is 19.6 Å². The molecule has 0 aromatic rings. The van der Waals surface area contributed by atoms with Gasteiger partial charge in [0.25, 0.3) is 0 Å². The third kappa shape index (κ3) is 4.24. The van der Waals surface area contributed by atoms with Gasteiger partial charge < -0.3 is 0 Å². The van der Waals surface area contributed by atoms with Crippen LogP contribution in [0.1, 0.15) is 61.8 Å². The lowest BCUT2D eigenvalue weighted by Gasteiger charge is -2.29. The lowest BCUT2D eigenvalue weighted by Crippen LogP contribution is -2.40. The van der Waals surface area contributed by atoms with Gasteiger partial charge in [0.05, 0.1) is 0 Å². The van der Waals surface area contributed by atoms with E-state index in [2.05, 4.69) is 37.5 Å². The molecule has 2 aliphatic rings. The van der Waals surface area contributed by atoms with Crippen LogP contribution in [-0.2, 0) is 0 Å². The fraction of sp³-hybridized carbons (Fsp3) is 1.00. The lowest BCUT2D eigenvalue weighted by atomic mass is 10.0. The number of likely N-dealkylation sites (tertiary alicyclic amines) is 2. The second-order valence-corrected chi connectivity index (χ2v) is 5.50. The molecule has 2 nitrogen and oxygen atoms in total. The maximum Gasteiger partial charge on any atom is 0.0266 e. The first-order chi connectivity index (χ1) is 8.59. The lowest BCUT2D eigenvalue weighted by molar-refractivity contribution is 0.174. The fourth-order valence-electron chi connectivity index (χ4n) is 3.09. The topological polar surface area (TPSA) is 6.48 Å². The van der Waals surface area contributed by atoms with Crippen molar-refractivity contribution in [1.29, 1.82) is 0 Å². The van der Waals surface area contributed by atoms with Crippen LogP contribution >= 0.6 is 0 Å². The van der Waals surface area contributed by atoms with Gasteiger partial charge in [-0.25, -0.2) is 0 Å². The van der Waals surface area contributed by atoms with Crippen molar-refractivity contribution in [2.24, 2.45) is 5.92 Å². The van der Waals surface area contributed by atoms with E-state index in [1.807, 2.05) is 27.7 Å². The summed E-state index contributed by atoms with van der Waals surface area (Å²) in [6.45, 7) is 21.3. The largest absolute Gasteiger partial charge is 0.299 e. The Labute approximate surface area is 116 Å². The van der Waals surface area contributed by atoms with E-state index in [0.29, 0.717) is 0 Å².